The Hall–Kier alpha value is -0.870. The fraction of sp³-hybridized carbons (Fsp3) is 0.455. The van der Waals surface area contributed by atoms with E-state index < -0.39 is 9.84 Å². The molecule has 1 aromatic rings. The molecule has 0 saturated carbocycles. The van der Waals surface area contributed by atoms with Crippen molar-refractivity contribution in [1.29, 1.82) is 0 Å². The lowest BCUT2D eigenvalue weighted by Gasteiger charge is -2.10. The van der Waals surface area contributed by atoms with Crippen LogP contribution in [0.1, 0.15) is 19.4 Å². The van der Waals surface area contributed by atoms with Crippen LogP contribution in [0.25, 0.3) is 0 Å². The molecular weight excluding hydrogens is 210 g/mol. The molecule has 0 amide bonds. The van der Waals surface area contributed by atoms with Crippen LogP contribution in [0.5, 0.6) is 0 Å². The Labute approximate surface area is 91.2 Å². The lowest BCUT2D eigenvalue weighted by Crippen LogP contribution is -2.19. The second kappa shape index (κ2) is 4.77. The van der Waals surface area contributed by atoms with Crippen molar-refractivity contribution in [1.82, 2.24) is 0 Å². The van der Waals surface area contributed by atoms with Gasteiger partial charge in [0.25, 0.3) is 0 Å². The molecule has 0 aliphatic rings. The molecule has 84 valence electrons. The molecule has 1 unspecified atom stereocenters. The Kier molecular flexibility index (Phi) is 3.88. The summed E-state index contributed by atoms with van der Waals surface area (Å²) in [5.41, 5.74) is 6.50. The smallest absolute Gasteiger partial charge is 0.178 e. The summed E-state index contributed by atoms with van der Waals surface area (Å²) in [5, 5.41) is 0. The summed E-state index contributed by atoms with van der Waals surface area (Å²) in [6.45, 7) is 3.52. The second-order valence-electron chi connectivity index (χ2n) is 3.69. The minimum atomic E-state index is -3.13. The summed E-state index contributed by atoms with van der Waals surface area (Å²) in [6.07, 6.45) is 0.593. The van der Waals surface area contributed by atoms with E-state index in [4.69, 9.17) is 5.73 Å². The molecule has 0 spiro atoms. The van der Waals surface area contributed by atoms with Crippen molar-refractivity contribution in [2.75, 3.05) is 5.75 Å². The predicted molar refractivity (Wildman–Crippen MR) is 61.5 cm³/mol. The molecule has 1 rings (SSSR count). The largest absolute Gasteiger partial charge is 0.328 e. The van der Waals surface area contributed by atoms with Gasteiger partial charge >= 0.3 is 0 Å². The fourth-order valence-corrected chi connectivity index (χ4v) is 2.63. The molecule has 1 atom stereocenters. The summed E-state index contributed by atoms with van der Waals surface area (Å²) in [6, 6.07) is 7.03. The molecule has 0 radical (unpaired) electrons. The maximum Gasteiger partial charge on any atom is 0.178 e. The average Bonchev–Trinajstić information content (AvgIpc) is 2.17. The molecule has 1 aromatic carbocycles. The highest BCUT2D eigenvalue weighted by molar-refractivity contribution is 7.91. The van der Waals surface area contributed by atoms with Gasteiger partial charge in [-0.1, -0.05) is 25.1 Å². The molecule has 2 N–H and O–H groups in total. The summed E-state index contributed by atoms with van der Waals surface area (Å²) in [5.74, 6) is 0.128. The number of hydrogen-bond acceptors (Lipinski definition) is 3. The van der Waals surface area contributed by atoms with Crippen molar-refractivity contribution in [3.8, 4) is 0 Å². The van der Waals surface area contributed by atoms with Crippen LogP contribution in [0.2, 0.25) is 0 Å². The van der Waals surface area contributed by atoms with Crippen LogP contribution in [0, 0.1) is 0 Å². The summed E-state index contributed by atoms with van der Waals surface area (Å²) < 4.78 is 23.5. The van der Waals surface area contributed by atoms with Crippen molar-refractivity contribution in [2.45, 2.75) is 31.2 Å². The van der Waals surface area contributed by atoms with Crippen LogP contribution in [0.3, 0.4) is 0 Å². The first-order valence-corrected chi connectivity index (χ1v) is 6.69. The van der Waals surface area contributed by atoms with E-state index in [-0.39, 0.29) is 11.8 Å². The number of nitrogens with two attached hydrogens (primary N) is 1. The molecule has 0 heterocycles. The Balaban J connectivity index is 3.18. The van der Waals surface area contributed by atoms with Crippen molar-refractivity contribution >= 4 is 9.84 Å². The van der Waals surface area contributed by atoms with Gasteiger partial charge in [-0.2, -0.15) is 0 Å². The first kappa shape index (κ1) is 12.2. The highest BCUT2D eigenvalue weighted by atomic mass is 32.2. The zero-order valence-electron chi connectivity index (χ0n) is 9.10. The molecular formula is C11H17NO2S. The van der Waals surface area contributed by atoms with E-state index in [1.807, 2.05) is 19.1 Å². The first-order chi connectivity index (χ1) is 6.97. The maximum absolute atomic E-state index is 11.8. The van der Waals surface area contributed by atoms with Gasteiger partial charge in [0.05, 0.1) is 10.6 Å². The molecule has 15 heavy (non-hydrogen) atoms. The van der Waals surface area contributed by atoms with Crippen molar-refractivity contribution < 1.29 is 8.42 Å². The molecule has 0 saturated heterocycles. The number of benzene rings is 1. The minimum Gasteiger partial charge on any atom is -0.328 e. The van der Waals surface area contributed by atoms with E-state index in [9.17, 15) is 8.42 Å². The zero-order valence-corrected chi connectivity index (χ0v) is 9.92. The van der Waals surface area contributed by atoms with Crippen LogP contribution < -0.4 is 5.73 Å². The molecule has 0 aliphatic heterocycles. The minimum absolute atomic E-state index is 0.0294. The summed E-state index contributed by atoms with van der Waals surface area (Å²) >= 11 is 0. The van der Waals surface area contributed by atoms with E-state index >= 15 is 0 Å². The van der Waals surface area contributed by atoms with Crippen molar-refractivity contribution in [2.24, 2.45) is 5.73 Å². The lowest BCUT2D eigenvalue weighted by molar-refractivity contribution is 0.595. The Morgan fingerprint density at radius 3 is 2.47 bits per heavy atom. The third-order valence-electron chi connectivity index (χ3n) is 2.23. The first-order valence-electron chi connectivity index (χ1n) is 5.03. The highest BCUT2D eigenvalue weighted by Gasteiger charge is 2.16. The number of hydrogen-bond donors (Lipinski definition) is 1. The van der Waals surface area contributed by atoms with Gasteiger partial charge in [-0.25, -0.2) is 8.42 Å². The average molecular weight is 227 g/mol. The predicted octanol–water partition coefficient (Wildman–Crippen LogP) is 1.37. The molecule has 4 heteroatoms. The van der Waals surface area contributed by atoms with Crippen LogP contribution in [0.15, 0.2) is 29.2 Å². The van der Waals surface area contributed by atoms with Gasteiger partial charge < -0.3 is 5.73 Å². The topological polar surface area (TPSA) is 60.2 Å². The molecule has 0 fully saturated rings. The van der Waals surface area contributed by atoms with E-state index in [0.717, 1.165) is 5.56 Å². The lowest BCUT2D eigenvalue weighted by atomic mass is 10.1. The van der Waals surface area contributed by atoms with Crippen molar-refractivity contribution in [3.05, 3.63) is 29.8 Å². The quantitative estimate of drug-likeness (QED) is 0.845. The van der Waals surface area contributed by atoms with E-state index in [0.29, 0.717) is 11.3 Å². The third-order valence-corrected chi connectivity index (χ3v) is 4.06. The number of rotatable bonds is 4. The highest BCUT2D eigenvalue weighted by Crippen LogP contribution is 2.18. The maximum atomic E-state index is 11.8. The summed E-state index contributed by atoms with van der Waals surface area (Å²) in [4.78, 5) is 0.421. The van der Waals surface area contributed by atoms with Gasteiger partial charge in [0, 0.05) is 6.04 Å². The normalized spacial score (nSPS) is 13.8. The Morgan fingerprint density at radius 1 is 1.33 bits per heavy atom. The third kappa shape index (κ3) is 3.04. The van der Waals surface area contributed by atoms with Gasteiger partial charge in [0.15, 0.2) is 9.84 Å². The van der Waals surface area contributed by atoms with Crippen LogP contribution in [-0.4, -0.2) is 20.2 Å². The Morgan fingerprint density at radius 2 is 1.93 bits per heavy atom. The molecule has 0 aliphatic carbocycles. The monoisotopic (exact) mass is 227 g/mol. The summed E-state index contributed by atoms with van der Waals surface area (Å²) in [7, 11) is -3.13. The van der Waals surface area contributed by atoms with E-state index in [2.05, 4.69) is 0 Å². The second-order valence-corrected chi connectivity index (χ2v) is 5.94. The van der Waals surface area contributed by atoms with Gasteiger partial charge in [-0.3, -0.25) is 0 Å². The molecule has 0 aromatic heterocycles. The van der Waals surface area contributed by atoms with E-state index in [1.165, 1.54) is 0 Å². The Bertz CT molecular complexity index is 424. The molecule has 3 nitrogen and oxygen atoms in total. The standard InChI is InChI=1S/C11H17NO2S/c1-3-15(13,14)11-7-5-4-6-10(11)8-9(2)12/h4-7,9H,3,8,12H2,1-2H3. The zero-order chi connectivity index (χ0) is 11.5. The van der Waals surface area contributed by atoms with E-state index in [1.54, 1.807) is 19.1 Å². The SMILES string of the molecule is CCS(=O)(=O)c1ccccc1CC(C)N. The van der Waals surface area contributed by atoms with Gasteiger partial charge in [0.1, 0.15) is 0 Å². The van der Waals surface area contributed by atoms with Gasteiger partial charge in [0.2, 0.25) is 0 Å². The fourth-order valence-electron chi connectivity index (χ4n) is 1.48. The van der Waals surface area contributed by atoms with Gasteiger partial charge in [-0.15, -0.1) is 0 Å². The van der Waals surface area contributed by atoms with Crippen LogP contribution >= 0.6 is 0 Å². The van der Waals surface area contributed by atoms with Crippen LogP contribution in [0.4, 0.5) is 0 Å². The van der Waals surface area contributed by atoms with Crippen molar-refractivity contribution in [3.63, 3.8) is 0 Å². The molecule has 0 bridgehead atoms. The van der Waals surface area contributed by atoms with Gasteiger partial charge in [-0.05, 0) is 25.0 Å². The van der Waals surface area contributed by atoms with Crippen LogP contribution in [-0.2, 0) is 16.3 Å². The number of sulfone groups is 1.